The van der Waals surface area contributed by atoms with Gasteiger partial charge in [-0.15, -0.1) is 0 Å². The van der Waals surface area contributed by atoms with Gasteiger partial charge < -0.3 is 14.7 Å². The van der Waals surface area contributed by atoms with Crippen LogP contribution in [0.15, 0.2) is 12.4 Å². The number of piperazine rings is 1. The number of hydrogen-bond acceptors (Lipinski definition) is 5. The molecule has 2 fully saturated rings. The summed E-state index contributed by atoms with van der Waals surface area (Å²) in [5.41, 5.74) is 0.419. The van der Waals surface area contributed by atoms with Gasteiger partial charge >= 0.3 is 0 Å². The highest BCUT2D eigenvalue weighted by molar-refractivity contribution is 5.92. The highest BCUT2D eigenvalue weighted by atomic mass is 16.2. The Morgan fingerprint density at radius 3 is 2.17 bits per heavy atom. The van der Waals surface area contributed by atoms with Crippen LogP contribution in [0.4, 0.5) is 5.82 Å². The third-order valence-electron chi connectivity index (χ3n) is 4.54. The summed E-state index contributed by atoms with van der Waals surface area (Å²) >= 11 is 0. The average Bonchev–Trinajstić information content (AvgIpc) is 2.91. The fourth-order valence-electron chi connectivity index (χ4n) is 3.09. The van der Waals surface area contributed by atoms with E-state index < -0.39 is 0 Å². The normalized spacial score (nSPS) is 19.4. The van der Waals surface area contributed by atoms with Crippen LogP contribution in [-0.4, -0.2) is 71.4 Å². The van der Waals surface area contributed by atoms with Gasteiger partial charge in [0.15, 0.2) is 0 Å². The molecule has 0 atom stereocenters. The van der Waals surface area contributed by atoms with Gasteiger partial charge in [-0.1, -0.05) is 12.8 Å². The van der Waals surface area contributed by atoms with Crippen molar-refractivity contribution in [3.8, 4) is 0 Å². The molecule has 2 saturated heterocycles. The van der Waals surface area contributed by atoms with Crippen molar-refractivity contribution in [2.24, 2.45) is 0 Å². The van der Waals surface area contributed by atoms with Gasteiger partial charge in [0.25, 0.3) is 5.91 Å². The molecule has 0 N–H and O–H groups in total. The quantitative estimate of drug-likeness (QED) is 0.770. The molecule has 0 unspecified atom stereocenters. The molecule has 2 aliphatic heterocycles. The zero-order chi connectivity index (χ0) is 16.1. The summed E-state index contributed by atoms with van der Waals surface area (Å²) < 4.78 is 0. The molecule has 7 nitrogen and oxygen atoms in total. The summed E-state index contributed by atoms with van der Waals surface area (Å²) in [6.07, 6.45) is 8.65. The maximum Gasteiger partial charge on any atom is 0.274 e. The minimum absolute atomic E-state index is 0.0169. The van der Waals surface area contributed by atoms with Crippen molar-refractivity contribution in [1.82, 2.24) is 19.8 Å². The second-order valence-electron chi connectivity index (χ2n) is 6.09. The van der Waals surface area contributed by atoms with Crippen LogP contribution >= 0.6 is 0 Å². The molecule has 0 saturated carbocycles. The number of carbonyl (C=O) groups excluding carboxylic acids is 2. The molecule has 124 valence electrons. The van der Waals surface area contributed by atoms with E-state index in [-0.39, 0.29) is 5.91 Å². The topological polar surface area (TPSA) is 69.6 Å². The predicted octanol–water partition coefficient (Wildman–Crippen LogP) is 0.771. The van der Waals surface area contributed by atoms with Crippen molar-refractivity contribution in [2.45, 2.75) is 25.7 Å². The molecule has 0 spiro atoms. The van der Waals surface area contributed by atoms with E-state index in [1.165, 1.54) is 12.8 Å². The van der Waals surface area contributed by atoms with Gasteiger partial charge in [0, 0.05) is 39.3 Å². The van der Waals surface area contributed by atoms with Crippen LogP contribution in [0.25, 0.3) is 0 Å². The summed E-state index contributed by atoms with van der Waals surface area (Å²) in [5.74, 6) is 0.750. The number of amides is 2. The Balaban J connectivity index is 1.62. The molecule has 2 aliphatic rings. The Bertz CT molecular complexity index is 532. The smallest absolute Gasteiger partial charge is 0.274 e. The monoisotopic (exact) mass is 317 g/mol. The van der Waals surface area contributed by atoms with E-state index in [2.05, 4.69) is 14.9 Å². The molecule has 1 aromatic rings. The predicted molar refractivity (Wildman–Crippen MR) is 86.3 cm³/mol. The molecule has 0 aliphatic carbocycles. The largest absolute Gasteiger partial charge is 0.352 e. The first-order valence-corrected chi connectivity index (χ1v) is 8.33. The fraction of sp³-hybridized carbons (Fsp3) is 0.625. The van der Waals surface area contributed by atoms with Crippen molar-refractivity contribution in [3.63, 3.8) is 0 Å². The van der Waals surface area contributed by atoms with Crippen molar-refractivity contribution >= 4 is 18.1 Å². The average molecular weight is 317 g/mol. The van der Waals surface area contributed by atoms with Crippen LogP contribution in [0.5, 0.6) is 0 Å². The number of carbonyl (C=O) groups is 2. The Labute approximate surface area is 136 Å². The minimum Gasteiger partial charge on any atom is -0.352 e. The highest BCUT2D eigenvalue weighted by Gasteiger charge is 2.20. The van der Waals surface area contributed by atoms with Crippen molar-refractivity contribution in [3.05, 3.63) is 18.1 Å². The second kappa shape index (κ2) is 7.39. The maximum absolute atomic E-state index is 12.5. The van der Waals surface area contributed by atoms with Gasteiger partial charge in [0.1, 0.15) is 11.5 Å². The number of hydrogen-bond donors (Lipinski definition) is 0. The summed E-state index contributed by atoms with van der Waals surface area (Å²) in [6, 6.07) is 0. The molecule has 1 aromatic heterocycles. The van der Waals surface area contributed by atoms with Gasteiger partial charge in [-0.25, -0.2) is 9.97 Å². The number of anilines is 1. The van der Waals surface area contributed by atoms with Gasteiger partial charge in [0.05, 0.1) is 12.4 Å². The Morgan fingerprint density at radius 1 is 0.913 bits per heavy atom. The Hall–Kier alpha value is -2.18. The summed E-state index contributed by atoms with van der Waals surface area (Å²) in [5, 5.41) is 0. The standard InChI is InChI=1S/C16H23N5O2/c22-13-19-7-9-20(10-8-19)15-12-17-14(11-18-15)16(23)21-5-3-1-2-4-6-21/h11-13H,1-10H2. The molecular formula is C16H23N5O2. The Kier molecular flexibility index (Phi) is 5.05. The summed E-state index contributed by atoms with van der Waals surface area (Å²) in [6.45, 7) is 4.50. The minimum atomic E-state index is -0.0169. The number of likely N-dealkylation sites (tertiary alicyclic amines) is 1. The van der Waals surface area contributed by atoms with E-state index in [4.69, 9.17) is 0 Å². The van der Waals surface area contributed by atoms with Gasteiger partial charge in [-0.3, -0.25) is 9.59 Å². The lowest BCUT2D eigenvalue weighted by Gasteiger charge is -2.33. The molecule has 3 rings (SSSR count). The van der Waals surface area contributed by atoms with Crippen LogP contribution in [0.2, 0.25) is 0 Å². The molecule has 0 aromatic carbocycles. The van der Waals surface area contributed by atoms with Gasteiger partial charge in [0.2, 0.25) is 6.41 Å². The molecule has 3 heterocycles. The maximum atomic E-state index is 12.5. The molecular weight excluding hydrogens is 294 g/mol. The van der Waals surface area contributed by atoms with E-state index in [1.807, 2.05) is 4.90 Å². The lowest BCUT2D eigenvalue weighted by molar-refractivity contribution is -0.118. The second-order valence-corrected chi connectivity index (χ2v) is 6.09. The molecule has 0 bridgehead atoms. The van der Waals surface area contributed by atoms with Crippen LogP contribution < -0.4 is 4.90 Å². The SMILES string of the molecule is O=CN1CCN(c2cnc(C(=O)N3CCCCCC3)cn2)CC1. The van der Waals surface area contributed by atoms with Crippen molar-refractivity contribution < 1.29 is 9.59 Å². The molecule has 23 heavy (non-hydrogen) atoms. The van der Waals surface area contributed by atoms with E-state index >= 15 is 0 Å². The van der Waals surface area contributed by atoms with Crippen LogP contribution in [0.3, 0.4) is 0 Å². The van der Waals surface area contributed by atoms with Gasteiger partial charge in [-0.05, 0) is 12.8 Å². The van der Waals surface area contributed by atoms with E-state index in [0.717, 1.165) is 51.2 Å². The van der Waals surface area contributed by atoms with Crippen LogP contribution in [-0.2, 0) is 4.79 Å². The lowest BCUT2D eigenvalue weighted by Crippen LogP contribution is -2.46. The zero-order valence-corrected chi connectivity index (χ0v) is 13.4. The van der Waals surface area contributed by atoms with E-state index in [0.29, 0.717) is 18.8 Å². The first-order valence-electron chi connectivity index (χ1n) is 8.33. The highest BCUT2D eigenvalue weighted by Crippen LogP contribution is 2.15. The Morgan fingerprint density at radius 2 is 1.61 bits per heavy atom. The van der Waals surface area contributed by atoms with Crippen LogP contribution in [0.1, 0.15) is 36.2 Å². The van der Waals surface area contributed by atoms with Crippen molar-refractivity contribution in [2.75, 3.05) is 44.2 Å². The lowest BCUT2D eigenvalue weighted by atomic mass is 10.2. The molecule has 7 heteroatoms. The third kappa shape index (κ3) is 3.78. The number of rotatable bonds is 3. The van der Waals surface area contributed by atoms with Crippen LogP contribution in [0, 0.1) is 0 Å². The zero-order valence-electron chi connectivity index (χ0n) is 13.4. The third-order valence-corrected chi connectivity index (χ3v) is 4.54. The van der Waals surface area contributed by atoms with Gasteiger partial charge in [-0.2, -0.15) is 0 Å². The molecule has 2 amide bonds. The number of nitrogens with zero attached hydrogens (tertiary/aromatic N) is 5. The summed E-state index contributed by atoms with van der Waals surface area (Å²) in [7, 11) is 0. The molecule has 0 radical (unpaired) electrons. The number of aromatic nitrogens is 2. The summed E-state index contributed by atoms with van der Waals surface area (Å²) in [4.78, 5) is 37.7. The van der Waals surface area contributed by atoms with E-state index in [1.54, 1.807) is 17.3 Å². The fourth-order valence-corrected chi connectivity index (χ4v) is 3.09. The van der Waals surface area contributed by atoms with Crippen molar-refractivity contribution in [1.29, 1.82) is 0 Å². The first-order chi connectivity index (χ1) is 11.3. The van der Waals surface area contributed by atoms with E-state index in [9.17, 15) is 9.59 Å². The first kappa shape index (κ1) is 15.7.